The van der Waals surface area contributed by atoms with Crippen LogP contribution in [0.2, 0.25) is 0 Å². The Morgan fingerprint density at radius 3 is 2.47 bits per heavy atom. The molecule has 51 heavy (non-hydrogen) atoms. The Labute approximate surface area is 301 Å². The zero-order valence-corrected chi connectivity index (χ0v) is 30.8. The second kappa shape index (κ2) is 13.3. The van der Waals surface area contributed by atoms with Crippen molar-refractivity contribution in [3.8, 4) is 22.8 Å². The number of amides is 1. The summed E-state index contributed by atoms with van der Waals surface area (Å²) in [5.41, 5.74) is 2.32. The molecule has 1 spiro atoms. The average molecular weight is 698 g/mol. The van der Waals surface area contributed by atoms with Crippen LogP contribution < -0.4 is 9.64 Å². The van der Waals surface area contributed by atoms with E-state index in [1.807, 2.05) is 14.1 Å². The van der Waals surface area contributed by atoms with Crippen molar-refractivity contribution in [1.29, 1.82) is 0 Å². The molecule has 1 amide bonds. The first-order valence-corrected chi connectivity index (χ1v) is 18.9. The van der Waals surface area contributed by atoms with Crippen molar-refractivity contribution in [3.63, 3.8) is 0 Å². The average Bonchev–Trinajstić information content (AvgIpc) is 3.84. The summed E-state index contributed by atoms with van der Waals surface area (Å²) >= 11 is 0. The first kappa shape index (κ1) is 34.3. The van der Waals surface area contributed by atoms with Crippen LogP contribution in [0.25, 0.3) is 11.1 Å². The van der Waals surface area contributed by atoms with Crippen molar-refractivity contribution >= 4 is 11.7 Å². The van der Waals surface area contributed by atoms with Crippen LogP contribution in [0.4, 0.5) is 10.2 Å². The minimum absolute atomic E-state index is 0.219. The smallest absolute Gasteiger partial charge is 0.282 e. The monoisotopic (exact) mass is 697 g/mol. The van der Waals surface area contributed by atoms with E-state index in [4.69, 9.17) is 4.74 Å². The molecule has 8 rings (SSSR count). The highest BCUT2D eigenvalue weighted by Crippen LogP contribution is 2.49. The maximum Gasteiger partial charge on any atom is 0.282 e. The first-order valence-electron chi connectivity index (χ1n) is 18.9. The molecule has 272 valence electrons. The van der Waals surface area contributed by atoms with Gasteiger partial charge in [0, 0.05) is 86.4 Å². The van der Waals surface area contributed by atoms with E-state index >= 15 is 0 Å². The van der Waals surface area contributed by atoms with Gasteiger partial charge in [0.05, 0.1) is 5.69 Å². The van der Waals surface area contributed by atoms with E-state index in [-0.39, 0.29) is 22.6 Å². The van der Waals surface area contributed by atoms with Crippen LogP contribution in [0.15, 0.2) is 37.1 Å². The molecule has 3 aliphatic heterocycles. The predicted octanol–water partition coefficient (Wildman–Crippen LogP) is 5.64. The summed E-state index contributed by atoms with van der Waals surface area (Å²) in [5, 5.41) is 8.45. The second-order valence-corrected chi connectivity index (χ2v) is 16.9. The highest BCUT2D eigenvalue weighted by Gasteiger charge is 2.53. The maximum absolute atomic E-state index is 14.6. The third-order valence-corrected chi connectivity index (χ3v) is 12.6. The number of hydrogen-bond donors (Lipinski definition) is 0. The number of piperidine rings is 1. The third kappa shape index (κ3) is 6.58. The normalized spacial score (nSPS) is 25.0. The Hall–Kier alpha value is -3.77. The predicted molar refractivity (Wildman–Crippen MR) is 193 cm³/mol. The van der Waals surface area contributed by atoms with Gasteiger partial charge >= 0.3 is 0 Å². The molecule has 1 aromatic carbocycles. The Kier molecular flexibility index (Phi) is 8.97. The number of halogens is 1. The van der Waals surface area contributed by atoms with Gasteiger partial charge in [0.1, 0.15) is 24.2 Å². The Morgan fingerprint density at radius 1 is 1.00 bits per heavy atom. The molecule has 12 heteroatoms. The second-order valence-electron chi connectivity index (χ2n) is 16.9. The number of rotatable bonds is 10. The summed E-state index contributed by atoms with van der Waals surface area (Å²) in [5.74, 6) is 3.09. The van der Waals surface area contributed by atoms with Gasteiger partial charge in [-0.05, 0) is 88.1 Å². The molecule has 2 saturated carbocycles. The first-order chi connectivity index (χ1) is 24.5. The third-order valence-electron chi connectivity index (χ3n) is 12.6. The number of carbonyl (C=O) groups is 1. The van der Waals surface area contributed by atoms with Crippen molar-refractivity contribution in [2.75, 3.05) is 58.3 Å². The molecule has 5 fully saturated rings. The van der Waals surface area contributed by atoms with E-state index in [0.717, 1.165) is 82.6 Å². The van der Waals surface area contributed by atoms with Gasteiger partial charge in [-0.3, -0.25) is 9.69 Å². The Balaban J connectivity index is 0.902. The van der Waals surface area contributed by atoms with E-state index in [1.165, 1.54) is 31.3 Å². The zero-order chi connectivity index (χ0) is 35.5. The lowest BCUT2D eigenvalue weighted by atomic mass is 9.67. The number of benzene rings is 1. The summed E-state index contributed by atoms with van der Waals surface area (Å²) < 4.78 is 21.0. The molecule has 3 saturated heterocycles. The molecule has 1 atom stereocenters. The van der Waals surface area contributed by atoms with E-state index in [0.29, 0.717) is 52.8 Å². The lowest BCUT2D eigenvalue weighted by Gasteiger charge is -2.58. The molecule has 5 aliphatic rings. The van der Waals surface area contributed by atoms with Crippen molar-refractivity contribution in [3.05, 3.63) is 48.6 Å². The van der Waals surface area contributed by atoms with Gasteiger partial charge in [0.25, 0.3) is 5.88 Å². The fraction of sp³-hybridized carbons (Fsp3) is 0.641. The van der Waals surface area contributed by atoms with Crippen molar-refractivity contribution in [2.45, 2.75) is 83.7 Å². The Bertz CT molecular complexity index is 1750. The molecule has 2 aliphatic carbocycles. The summed E-state index contributed by atoms with van der Waals surface area (Å²) in [6.07, 6.45) is 12.4. The molecule has 5 heterocycles. The quantitative estimate of drug-likeness (QED) is 0.264. The van der Waals surface area contributed by atoms with Crippen LogP contribution in [0.1, 0.15) is 77.3 Å². The van der Waals surface area contributed by atoms with Crippen molar-refractivity contribution in [1.82, 2.24) is 39.8 Å². The van der Waals surface area contributed by atoms with Crippen molar-refractivity contribution < 1.29 is 13.9 Å². The minimum Gasteiger partial charge on any atom is -0.434 e. The van der Waals surface area contributed by atoms with Gasteiger partial charge < -0.3 is 19.4 Å². The van der Waals surface area contributed by atoms with Crippen LogP contribution in [0.5, 0.6) is 11.6 Å². The van der Waals surface area contributed by atoms with Crippen LogP contribution in [-0.4, -0.2) is 111 Å². The molecular weight excluding hydrogens is 645 g/mol. The number of likely N-dealkylation sites (tertiary alicyclic amines) is 2. The summed E-state index contributed by atoms with van der Waals surface area (Å²) in [6.45, 7) is 12.9. The topological polar surface area (TPSA) is 104 Å². The van der Waals surface area contributed by atoms with E-state index in [9.17, 15) is 9.18 Å². The van der Waals surface area contributed by atoms with Gasteiger partial charge in [-0.25, -0.2) is 19.3 Å². The van der Waals surface area contributed by atoms with Crippen LogP contribution >= 0.6 is 0 Å². The highest BCUT2D eigenvalue weighted by molar-refractivity contribution is 5.82. The van der Waals surface area contributed by atoms with Gasteiger partial charge in [0.2, 0.25) is 5.91 Å². The summed E-state index contributed by atoms with van der Waals surface area (Å²) in [7, 11) is 3.75. The molecule has 0 N–H and O–H groups in total. The SMILES string of the molecule is CC(C)[C@H](C1CC(N2CCC(C)(C(=O)N(C)C)CC2)C1)N1CC2(CCN(c3ncnnc3Oc3ccc(F)cc3-c3cncnc3C3CC3)C2)C1. The van der Waals surface area contributed by atoms with Gasteiger partial charge in [-0.2, -0.15) is 0 Å². The number of carbonyl (C=O) groups excluding carboxylic acids is 1. The lowest BCUT2D eigenvalue weighted by Crippen LogP contribution is -2.65. The van der Waals surface area contributed by atoms with Crippen LogP contribution in [-0.2, 0) is 4.79 Å². The van der Waals surface area contributed by atoms with E-state index in [2.05, 4.69) is 60.6 Å². The standard InChI is InChI=1S/C39H52FN9O2/c1-25(2)34(27-16-29(17-27)47-13-10-38(3,11-14-47)37(50)46(4)5)49-21-39(22-49)12-15-48(20-39)35-36(45-44-24-43-35)51-32-9-8-28(40)18-30(32)31-19-41-23-42-33(31)26-6-7-26/h8-9,18-19,23-27,29,34H,6-7,10-17,20-22H2,1-5H3/t27?,29?,34-/m1/s1. The fourth-order valence-corrected chi connectivity index (χ4v) is 9.68. The van der Waals surface area contributed by atoms with E-state index < -0.39 is 0 Å². The largest absolute Gasteiger partial charge is 0.434 e. The summed E-state index contributed by atoms with van der Waals surface area (Å²) in [4.78, 5) is 35.7. The van der Waals surface area contributed by atoms with Crippen LogP contribution in [0, 0.1) is 28.5 Å². The molecule has 3 aromatic rings. The van der Waals surface area contributed by atoms with E-state index in [1.54, 1.807) is 23.5 Å². The summed E-state index contributed by atoms with van der Waals surface area (Å²) in [6, 6.07) is 5.78. The minimum atomic E-state index is -0.346. The number of ether oxygens (including phenoxy) is 1. The molecule has 11 nitrogen and oxygen atoms in total. The van der Waals surface area contributed by atoms with Crippen LogP contribution in [0.3, 0.4) is 0 Å². The molecule has 0 unspecified atom stereocenters. The highest BCUT2D eigenvalue weighted by atomic mass is 19.1. The number of aromatic nitrogens is 5. The fourth-order valence-electron chi connectivity index (χ4n) is 9.68. The number of hydrogen-bond acceptors (Lipinski definition) is 10. The maximum atomic E-state index is 14.6. The molecule has 0 radical (unpaired) electrons. The van der Waals surface area contributed by atoms with Gasteiger partial charge in [-0.15, -0.1) is 10.2 Å². The Morgan fingerprint density at radius 2 is 1.76 bits per heavy atom. The van der Waals surface area contributed by atoms with Gasteiger partial charge in [-0.1, -0.05) is 20.8 Å². The molecule has 2 aromatic heterocycles. The number of anilines is 1. The molecular formula is C39H52FN9O2. The molecule has 0 bridgehead atoms. The van der Waals surface area contributed by atoms with Gasteiger partial charge in [0.15, 0.2) is 5.82 Å². The van der Waals surface area contributed by atoms with Crippen molar-refractivity contribution in [2.24, 2.45) is 22.7 Å². The lowest BCUT2D eigenvalue weighted by molar-refractivity contribution is -0.142. The zero-order valence-electron chi connectivity index (χ0n) is 30.8. The number of nitrogens with zero attached hydrogens (tertiary/aromatic N) is 9.